The third-order valence-corrected chi connectivity index (χ3v) is 7.02. The number of hydrogen-bond acceptors (Lipinski definition) is 3. The molecule has 4 unspecified atom stereocenters. The van der Waals surface area contributed by atoms with Crippen molar-refractivity contribution in [1.29, 1.82) is 0 Å². The largest absolute Gasteiger partial charge is 0.480 e. The van der Waals surface area contributed by atoms with Crippen LogP contribution in [0.15, 0.2) is 0 Å². The van der Waals surface area contributed by atoms with Crippen LogP contribution >= 0.6 is 11.8 Å². The lowest BCUT2D eigenvalue weighted by atomic mass is 10.0. The summed E-state index contributed by atoms with van der Waals surface area (Å²) in [4.78, 5) is 28.0. The fourth-order valence-corrected chi connectivity index (χ4v) is 5.88. The molecule has 2 heterocycles. The first kappa shape index (κ1) is 13.7. The summed E-state index contributed by atoms with van der Waals surface area (Å²) in [6.45, 7) is 1.68. The Hall–Kier alpha value is -0.910. The van der Waals surface area contributed by atoms with Crippen LogP contribution in [0.1, 0.15) is 32.1 Å². The maximum Gasteiger partial charge on any atom is 0.327 e. The van der Waals surface area contributed by atoms with Crippen LogP contribution in [-0.4, -0.2) is 57.2 Å². The van der Waals surface area contributed by atoms with Gasteiger partial charge in [0, 0.05) is 18.8 Å². The lowest BCUT2D eigenvalue weighted by molar-refractivity contribution is -0.141. The van der Waals surface area contributed by atoms with E-state index in [1.807, 2.05) is 4.90 Å². The Morgan fingerprint density at radius 1 is 1.00 bits per heavy atom. The van der Waals surface area contributed by atoms with Crippen LogP contribution in [0.5, 0.6) is 0 Å². The number of carbonyl (C=O) groups excluding carboxylic acids is 1. The zero-order valence-electron chi connectivity index (χ0n) is 12.1. The summed E-state index contributed by atoms with van der Waals surface area (Å²) in [5, 5.41) is 9.53. The van der Waals surface area contributed by atoms with Gasteiger partial charge in [-0.05, 0) is 43.4 Å². The predicted molar refractivity (Wildman–Crippen MR) is 80.0 cm³/mol. The average Bonchev–Trinajstić information content (AvgIpc) is 2.88. The van der Waals surface area contributed by atoms with Crippen LogP contribution in [0, 0.1) is 17.8 Å². The number of fused-ring (bicyclic) bond motifs is 1. The van der Waals surface area contributed by atoms with Crippen LogP contribution < -0.4 is 0 Å². The molecule has 2 amide bonds. The third-order valence-electron chi connectivity index (χ3n) is 5.56. The highest BCUT2D eigenvalue weighted by Gasteiger charge is 2.50. The summed E-state index contributed by atoms with van der Waals surface area (Å²) in [6.07, 6.45) is 6.03. The highest BCUT2D eigenvalue weighted by Crippen LogP contribution is 2.46. The molecule has 4 aliphatic rings. The summed E-state index contributed by atoms with van der Waals surface area (Å²) in [7, 11) is 0. The summed E-state index contributed by atoms with van der Waals surface area (Å²) >= 11 is 1.66. The van der Waals surface area contributed by atoms with Crippen molar-refractivity contribution in [3.05, 3.63) is 0 Å². The minimum atomic E-state index is -0.849. The van der Waals surface area contributed by atoms with Crippen molar-refractivity contribution in [2.75, 3.05) is 18.8 Å². The smallest absolute Gasteiger partial charge is 0.327 e. The van der Waals surface area contributed by atoms with Gasteiger partial charge in [0.25, 0.3) is 0 Å². The summed E-state index contributed by atoms with van der Waals surface area (Å²) in [5.41, 5.74) is 0. The van der Waals surface area contributed by atoms with Gasteiger partial charge in [-0.2, -0.15) is 0 Å². The highest BCUT2D eigenvalue weighted by atomic mass is 32.2. The molecule has 4 atom stereocenters. The van der Waals surface area contributed by atoms with Crippen LogP contribution in [0.2, 0.25) is 0 Å². The van der Waals surface area contributed by atoms with Gasteiger partial charge in [-0.1, -0.05) is 6.42 Å². The topological polar surface area (TPSA) is 60.9 Å². The van der Waals surface area contributed by atoms with E-state index < -0.39 is 12.0 Å². The van der Waals surface area contributed by atoms with Gasteiger partial charge in [-0.3, -0.25) is 4.90 Å². The van der Waals surface area contributed by atoms with E-state index in [0.717, 1.165) is 25.9 Å². The maximum atomic E-state index is 12.9. The second-order valence-corrected chi connectivity index (χ2v) is 8.11. The second-order valence-electron chi connectivity index (χ2n) is 6.96. The number of aliphatic carboxylic acids is 1. The first-order valence-electron chi connectivity index (χ1n) is 8.07. The Kier molecular flexibility index (Phi) is 3.32. The van der Waals surface area contributed by atoms with Crippen molar-refractivity contribution in [1.82, 2.24) is 9.80 Å². The molecule has 2 aliphatic carbocycles. The van der Waals surface area contributed by atoms with Crippen LogP contribution in [0.4, 0.5) is 4.79 Å². The van der Waals surface area contributed by atoms with Crippen LogP contribution in [0.25, 0.3) is 0 Å². The molecule has 6 heteroatoms. The molecule has 0 aromatic carbocycles. The lowest BCUT2D eigenvalue weighted by Gasteiger charge is -2.32. The molecule has 0 aromatic heterocycles. The second kappa shape index (κ2) is 5.07. The highest BCUT2D eigenvalue weighted by molar-refractivity contribution is 8.00. The average molecular weight is 310 g/mol. The monoisotopic (exact) mass is 310 g/mol. The Bertz CT molecular complexity index is 456. The van der Waals surface area contributed by atoms with Gasteiger partial charge >= 0.3 is 12.0 Å². The fourth-order valence-electron chi connectivity index (χ4n) is 4.26. The first-order chi connectivity index (χ1) is 10.1. The number of rotatable bonds is 2. The van der Waals surface area contributed by atoms with Gasteiger partial charge in [0.15, 0.2) is 0 Å². The number of carboxylic acid groups (broad SMARTS) is 1. The number of urea groups is 1. The number of carbonyl (C=O) groups is 2. The zero-order chi connectivity index (χ0) is 14.6. The maximum absolute atomic E-state index is 12.9. The molecule has 5 nitrogen and oxygen atoms in total. The standard InChI is InChI=1S/C15H22N2O3S/c18-14(19)12-8-21-13(9-4-5-9)17(12)15(20)16-6-10-2-1-3-11(10)7-16/h9-13H,1-8H2,(H,18,19). The Morgan fingerprint density at radius 2 is 1.67 bits per heavy atom. The quantitative estimate of drug-likeness (QED) is 0.848. The fraction of sp³-hybridized carbons (Fsp3) is 0.867. The van der Waals surface area contributed by atoms with Crippen molar-refractivity contribution in [2.45, 2.75) is 43.5 Å². The molecule has 1 N–H and O–H groups in total. The van der Waals surface area contributed by atoms with Crippen molar-refractivity contribution in [3.63, 3.8) is 0 Å². The summed E-state index contributed by atoms with van der Waals surface area (Å²) < 4.78 is 0. The number of amides is 2. The van der Waals surface area contributed by atoms with E-state index in [2.05, 4.69) is 0 Å². The minimum Gasteiger partial charge on any atom is -0.480 e. The van der Waals surface area contributed by atoms with Crippen molar-refractivity contribution in [3.8, 4) is 0 Å². The van der Waals surface area contributed by atoms with E-state index in [4.69, 9.17) is 0 Å². The summed E-state index contributed by atoms with van der Waals surface area (Å²) in [5.74, 6) is 1.53. The molecular formula is C15H22N2O3S. The molecule has 0 aromatic rings. The Morgan fingerprint density at radius 3 is 2.24 bits per heavy atom. The predicted octanol–water partition coefficient (Wildman–Crippen LogP) is 2.08. The van der Waals surface area contributed by atoms with Gasteiger partial charge in [-0.25, -0.2) is 9.59 Å². The number of thioether (sulfide) groups is 1. The van der Waals surface area contributed by atoms with E-state index in [9.17, 15) is 14.7 Å². The molecule has 0 spiro atoms. The Balaban J connectivity index is 1.51. The molecule has 21 heavy (non-hydrogen) atoms. The van der Waals surface area contributed by atoms with Gasteiger partial charge in [-0.15, -0.1) is 11.8 Å². The normalized spacial score (nSPS) is 38.9. The van der Waals surface area contributed by atoms with E-state index >= 15 is 0 Å². The SMILES string of the molecule is O=C(O)C1CSC(C2CC2)N1C(=O)N1CC2CCCC2C1. The third kappa shape index (κ3) is 2.31. The molecule has 0 radical (unpaired) electrons. The molecule has 4 fully saturated rings. The molecule has 2 saturated heterocycles. The van der Waals surface area contributed by atoms with E-state index in [-0.39, 0.29) is 11.4 Å². The van der Waals surface area contributed by atoms with Crippen molar-refractivity contribution >= 4 is 23.8 Å². The molecule has 2 aliphatic heterocycles. The van der Waals surface area contributed by atoms with Crippen LogP contribution in [-0.2, 0) is 4.79 Å². The van der Waals surface area contributed by atoms with Crippen molar-refractivity contribution in [2.24, 2.45) is 17.8 Å². The van der Waals surface area contributed by atoms with Gasteiger partial charge in [0.05, 0.1) is 5.37 Å². The van der Waals surface area contributed by atoms with Gasteiger partial charge < -0.3 is 10.0 Å². The number of carboxylic acids is 1. The van der Waals surface area contributed by atoms with Crippen LogP contribution in [0.3, 0.4) is 0 Å². The van der Waals surface area contributed by atoms with Gasteiger partial charge in [0.1, 0.15) is 6.04 Å². The molecule has 4 rings (SSSR count). The van der Waals surface area contributed by atoms with Crippen molar-refractivity contribution < 1.29 is 14.7 Å². The molecular weight excluding hydrogens is 288 g/mol. The molecule has 2 saturated carbocycles. The van der Waals surface area contributed by atoms with E-state index in [1.165, 1.54) is 19.3 Å². The lowest BCUT2D eigenvalue weighted by Crippen LogP contribution is -2.51. The molecule has 0 bridgehead atoms. The zero-order valence-corrected chi connectivity index (χ0v) is 12.9. The first-order valence-corrected chi connectivity index (χ1v) is 9.11. The number of nitrogens with zero attached hydrogens (tertiary/aromatic N) is 2. The number of hydrogen-bond donors (Lipinski definition) is 1. The van der Waals surface area contributed by atoms with Gasteiger partial charge in [0.2, 0.25) is 0 Å². The Labute approximate surface area is 129 Å². The van der Waals surface area contributed by atoms with E-state index in [0.29, 0.717) is 23.5 Å². The number of likely N-dealkylation sites (tertiary alicyclic amines) is 1. The molecule has 116 valence electrons. The minimum absolute atomic E-state index is 0.0151. The summed E-state index contributed by atoms with van der Waals surface area (Å²) in [6, 6.07) is -0.646. The van der Waals surface area contributed by atoms with E-state index in [1.54, 1.807) is 16.7 Å².